The van der Waals surface area contributed by atoms with E-state index < -0.39 is 0 Å². The van der Waals surface area contributed by atoms with Crippen LogP contribution in [-0.2, 0) is 17.6 Å². The first-order valence-electron chi connectivity index (χ1n) is 6.75. The minimum absolute atomic E-state index is 0.0733. The Hall–Kier alpha value is -1.89. The lowest BCUT2D eigenvalue weighted by Crippen LogP contribution is -2.17. The summed E-state index contributed by atoms with van der Waals surface area (Å²) in [5.41, 5.74) is 3.73. The third kappa shape index (κ3) is 4.06. The lowest BCUT2D eigenvalue weighted by atomic mass is 9.89. The Kier molecular flexibility index (Phi) is 4.51. The van der Waals surface area contributed by atoms with Crippen LogP contribution in [0.5, 0.6) is 0 Å². The van der Waals surface area contributed by atoms with Crippen LogP contribution in [0.3, 0.4) is 0 Å². The molecule has 2 aromatic rings. The summed E-state index contributed by atoms with van der Waals surface area (Å²) < 4.78 is 0. The van der Waals surface area contributed by atoms with E-state index in [2.05, 4.69) is 43.3 Å². The molecule has 0 heterocycles. The second-order valence-electron chi connectivity index (χ2n) is 5.19. The number of benzene rings is 2. The van der Waals surface area contributed by atoms with E-state index in [-0.39, 0.29) is 11.7 Å². The topological polar surface area (TPSA) is 17.1 Å². The molecular formula is C18H20O. The fourth-order valence-electron chi connectivity index (χ4n) is 2.38. The minimum Gasteiger partial charge on any atom is -0.300 e. The fourth-order valence-corrected chi connectivity index (χ4v) is 2.38. The number of carbonyl (C=O) groups excluding carboxylic acids is 1. The van der Waals surface area contributed by atoms with Gasteiger partial charge in [0.15, 0.2) is 0 Å². The molecule has 1 atom stereocenters. The molecule has 1 unspecified atom stereocenters. The highest BCUT2D eigenvalue weighted by Gasteiger charge is 2.15. The number of ketones is 1. The summed E-state index contributed by atoms with van der Waals surface area (Å²) in [4.78, 5) is 11.8. The maximum absolute atomic E-state index is 11.8. The van der Waals surface area contributed by atoms with Crippen LogP contribution in [0.15, 0.2) is 54.6 Å². The molecule has 0 aliphatic rings. The summed E-state index contributed by atoms with van der Waals surface area (Å²) in [6.07, 6.45) is 1.65. The van der Waals surface area contributed by atoms with Gasteiger partial charge in [0.25, 0.3) is 0 Å². The van der Waals surface area contributed by atoms with Crippen LogP contribution in [0.1, 0.15) is 23.6 Å². The number of carbonyl (C=O) groups is 1. The molecule has 0 saturated heterocycles. The molecule has 0 N–H and O–H groups in total. The van der Waals surface area contributed by atoms with Gasteiger partial charge in [-0.2, -0.15) is 0 Å². The zero-order chi connectivity index (χ0) is 13.7. The van der Waals surface area contributed by atoms with Crippen LogP contribution < -0.4 is 0 Å². The smallest absolute Gasteiger partial charge is 0.133 e. The highest BCUT2D eigenvalue weighted by atomic mass is 16.1. The van der Waals surface area contributed by atoms with Gasteiger partial charge in [-0.15, -0.1) is 0 Å². The Labute approximate surface area is 115 Å². The van der Waals surface area contributed by atoms with Crippen LogP contribution in [0.25, 0.3) is 0 Å². The molecule has 98 valence electrons. The van der Waals surface area contributed by atoms with E-state index in [4.69, 9.17) is 0 Å². The standard InChI is InChI=1S/C18H20O/c1-14-7-6-10-17(11-14)13-18(15(2)19)12-16-8-4-3-5-9-16/h3-11,18H,12-13H2,1-2H3. The highest BCUT2D eigenvalue weighted by Crippen LogP contribution is 2.16. The van der Waals surface area contributed by atoms with Crippen molar-refractivity contribution in [1.82, 2.24) is 0 Å². The van der Waals surface area contributed by atoms with Crippen molar-refractivity contribution in [2.24, 2.45) is 5.92 Å². The minimum atomic E-state index is 0.0733. The van der Waals surface area contributed by atoms with E-state index in [1.54, 1.807) is 6.92 Å². The van der Waals surface area contributed by atoms with Gasteiger partial charge in [-0.25, -0.2) is 0 Å². The van der Waals surface area contributed by atoms with Gasteiger partial charge in [-0.05, 0) is 37.8 Å². The number of hydrogen-bond acceptors (Lipinski definition) is 1. The molecule has 2 aromatic carbocycles. The van der Waals surface area contributed by atoms with Crippen molar-refractivity contribution in [3.63, 3.8) is 0 Å². The Bertz CT molecular complexity index is 543. The van der Waals surface area contributed by atoms with Gasteiger partial charge in [0, 0.05) is 5.92 Å². The SMILES string of the molecule is CC(=O)C(Cc1ccccc1)Cc1cccc(C)c1. The maximum Gasteiger partial charge on any atom is 0.133 e. The summed E-state index contributed by atoms with van der Waals surface area (Å²) in [5.74, 6) is 0.342. The zero-order valence-electron chi connectivity index (χ0n) is 11.6. The Morgan fingerprint density at radius 1 is 0.947 bits per heavy atom. The lowest BCUT2D eigenvalue weighted by molar-refractivity contribution is -0.120. The summed E-state index contributed by atoms with van der Waals surface area (Å²) >= 11 is 0. The van der Waals surface area contributed by atoms with Crippen LogP contribution in [0.2, 0.25) is 0 Å². The average Bonchev–Trinajstić information content (AvgIpc) is 2.39. The van der Waals surface area contributed by atoms with Crippen LogP contribution in [-0.4, -0.2) is 5.78 Å². The molecule has 0 amide bonds. The first-order valence-corrected chi connectivity index (χ1v) is 6.75. The Balaban J connectivity index is 2.11. The zero-order valence-corrected chi connectivity index (χ0v) is 11.6. The van der Waals surface area contributed by atoms with E-state index in [0.29, 0.717) is 0 Å². The largest absolute Gasteiger partial charge is 0.300 e. The van der Waals surface area contributed by atoms with Gasteiger partial charge in [0.1, 0.15) is 5.78 Å². The molecule has 0 fully saturated rings. The summed E-state index contributed by atoms with van der Waals surface area (Å²) in [5, 5.41) is 0. The third-order valence-electron chi connectivity index (χ3n) is 3.46. The van der Waals surface area contributed by atoms with E-state index in [1.165, 1.54) is 16.7 Å². The van der Waals surface area contributed by atoms with Gasteiger partial charge >= 0.3 is 0 Å². The molecule has 1 heteroatoms. The van der Waals surface area contributed by atoms with Gasteiger partial charge in [0.2, 0.25) is 0 Å². The Morgan fingerprint density at radius 3 is 2.21 bits per heavy atom. The van der Waals surface area contributed by atoms with Crippen molar-refractivity contribution >= 4 is 5.78 Å². The predicted octanol–water partition coefficient (Wildman–Crippen LogP) is 3.99. The van der Waals surface area contributed by atoms with Crippen molar-refractivity contribution < 1.29 is 4.79 Å². The molecule has 0 radical (unpaired) electrons. The molecule has 0 saturated carbocycles. The first kappa shape index (κ1) is 13.5. The van der Waals surface area contributed by atoms with E-state index >= 15 is 0 Å². The summed E-state index contributed by atoms with van der Waals surface area (Å²) in [7, 11) is 0. The average molecular weight is 252 g/mol. The van der Waals surface area contributed by atoms with Crippen LogP contribution in [0.4, 0.5) is 0 Å². The first-order chi connectivity index (χ1) is 9.15. The van der Waals surface area contributed by atoms with Crippen molar-refractivity contribution in [1.29, 1.82) is 0 Å². The second-order valence-corrected chi connectivity index (χ2v) is 5.19. The summed E-state index contributed by atoms with van der Waals surface area (Å²) in [6, 6.07) is 18.7. The van der Waals surface area contributed by atoms with Crippen molar-refractivity contribution in [3.8, 4) is 0 Å². The van der Waals surface area contributed by atoms with Gasteiger partial charge in [-0.1, -0.05) is 60.2 Å². The molecule has 1 nitrogen and oxygen atoms in total. The quantitative estimate of drug-likeness (QED) is 0.786. The molecule has 0 spiro atoms. The van der Waals surface area contributed by atoms with E-state index in [0.717, 1.165) is 12.8 Å². The van der Waals surface area contributed by atoms with Crippen molar-refractivity contribution in [2.75, 3.05) is 0 Å². The monoisotopic (exact) mass is 252 g/mol. The maximum atomic E-state index is 11.8. The number of aryl methyl sites for hydroxylation is 1. The Morgan fingerprint density at radius 2 is 1.58 bits per heavy atom. The molecule has 0 aromatic heterocycles. The molecular weight excluding hydrogens is 232 g/mol. The van der Waals surface area contributed by atoms with E-state index in [1.807, 2.05) is 18.2 Å². The number of Topliss-reactive ketones (excluding diaryl/α,β-unsaturated/α-hetero) is 1. The summed E-state index contributed by atoms with van der Waals surface area (Å²) in [6.45, 7) is 3.78. The highest BCUT2D eigenvalue weighted by molar-refractivity contribution is 5.78. The number of rotatable bonds is 5. The van der Waals surface area contributed by atoms with Crippen LogP contribution >= 0.6 is 0 Å². The second kappa shape index (κ2) is 6.33. The van der Waals surface area contributed by atoms with Gasteiger partial charge in [-0.3, -0.25) is 4.79 Å². The normalized spacial score (nSPS) is 12.1. The predicted molar refractivity (Wildman–Crippen MR) is 79.2 cm³/mol. The van der Waals surface area contributed by atoms with Crippen molar-refractivity contribution in [2.45, 2.75) is 26.7 Å². The third-order valence-corrected chi connectivity index (χ3v) is 3.46. The van der Waals surface area contributed by atoms with Crippen LogP contribution in [0, 0.1) is 12.8 Å². The van der Waals surface area contributed by atoms with Gasteiger partial charge in [0.05, 0.1) is 0 Å². The molecule has 2 rings (SSSR count). The van der Waals surface area contributed by atoms with E-state index in [9.17, 15) is 4.79 Å². The fraction of sp³-hybridized carbons (Fsp3) is 0.278. The lowest BCUT2D eigenvalue weighted by Gasteiger charge is -2.14. The van der Waals surface area contributed by atoms with Crippen molar-refractivity contribution in [3.05, 3.63) is 71.3 Å². The number of hydrogen-bond donors (Lipinski definition) is 0. The molecule has 0 bridgehead atoms. The van der Waals surface area contributed by atoms with Gasteiger partial charge < -0.3 is 0 Å². The molecule has 19 heavy (non-hydrogen) atoms. The molecule has 0 aliphatic heterocycles. The molecule has 0 aliphatic carbocycles.